The zero-order valence-corrected chi connectivity index (χ0v) is 13.3. The maximum atomic E-state index is 12.6. The van der Waals surface area contributed by atoms with Gasteiger partial charge in [-0.1, -0.05) is 13.0 Å². The normalized spacial score (nSPS) is 19.4. The number of fused-ring (bicyclic) bond motifs is 1. The first kappa shape index (κ1) is 15.3. The molecular formula is C18H25NO3. The minimum atomic E-state index is -0.389. The van der Waals surface area contributed by atoms with Gasteiger partial charge < -0.3 is 14.4 Å². The van der Waals surface area contributed by atoms with E-state index in [4.69, 9.17) is 9.47 Å². The average Bonchev–Trinajstić information content (AvgIpc) is 2.59. The summed E-state index contributed by atoms with van der Waals surface area (Å²) in [7, 11) is 0. The highest BCUT2D eigenvalue weighted by Crippen LogP contribution is 2.26. The summed E-state index contributed by atoms with van der Waals surface area (Å²) in [6.45, 7) is 4.59. The summed E-state index contributed by atoms with van der Waals surface area (Å²) < 4.78 is 11.3. The van der Waals surface area contributed by atoms with Crippen LogP contribution in [0.5, 0.6) is 5.75 Å². The molecule has 1 fully saturated rings. The van der Waals surface area contributed by atoms with Crippen LogP contribution in [0, 0.1) is 0 Å². The van der Waals surface area contributed by atoms with Crippen LogP contribution in [0.25, 0.3) is 0 Å². The van der Waals surface area contributed by atoms with E-state index in [0.717, 1.165) is 12.2 Å². The molecule has 2 aliphatic rings. The summed E-state index contributed by atoms with van der Waals surface area (Å²) in [4.78, 5) is 14.4. The fourth-order valence-corrected chi connectivity index (χ4v) is 3.24. The van der Waals surface area contributed by atoms with E-state index in [1.807, 2.05) is 17.9 Å². The number of aryl methyl sites for hydroxylation is 2. The second kappa shape index (κ2) is 7.14. The number of morpholine rings is 1. The Balaban J connectivity index is 1.68. The topological polar surface area (TPSA) is 38.8 Å². The molecule has 1 amide bonds. The van der Waals surface area contributed by atoms with Crippen molar-refractivity contribution in [2.45, 2.75) is 45.1 Å². The molecule has 0 aromatic heterocycles. The van der Waals surface area contributed by atoms with E-state index in [0.29, 0.717) is 32.7 Å². The van der Waals surface area contributed by atoms with Gasteiger partial charge in [0.15, 0.2) is 6.10 Å². The highest BCUT2D eigenvalue weighted by atomic mass is 16.5. The quantitative estimate of drug-likeness (QED) is 0.858. The van der Waals surface area contributed by atoms with E-state index < -0.39 is 0 Å². The molecule has 0 radical (unpaired) electrons. The maximum Gasteiger partial charge on any atom is 0.263 e. The molecule has 0 saturated carbocycles. The molecule has 4 heteroatoms. The van der Waals surface area contributed by atoms with Gasteiger partial charge in [0, 0.05) is 13.1 Å². The minimum absolute atomic E-state index is 0.0866. The second-order valence-electron chi connectivity index (χ2n) is 6.09. The van der Waals surface area contributed by atoms with Gasteiger partial charge in [0.1, 0.15) is 5.75 Å². The van der Waals surface area contributed by atoms with E-state index in [-0.39, 0.29) is 12.0 Å². The van der Waals surface area contributed by atoms with Gasteiger partial charge >= 0.3 is 0 Å². The molecular weight excluding hydrogens is 278 g/mol. The van der Waals surface area contributed by atoms with E-state index in [9.17, 15) is 4.79 Å². The second-order valence-corrected chi connectivity index (χ2v) is 6.09. The van der Waals surface area contributed by atoms with Gasteiger partial charge in [0.2, 0.25) is 0 Å². The molecule has 0 unspecified atom stereocenters. The molecule has 120 valence electrons. The highest BCUT2D eigenvalue weighted by molar-refractivity contribution is 5.81. The van der Waals surface area contributed by atoms with Crippen molar-refractivity contribution in [2.75, 3.05) is 26.3 Å². The molecule has 1 aromatic carbocycles. The Hall–Kier alpha value is -1.55. The average molecular weight is 303 g/mol. The third-order valence-corrected chi connectivity index (χ3v) is 4.57. The number of carbonyl (C=O) groups is 1. The summed E-state index contributed by atoms with van der Waals surface area (Å²) in [5.41, 5.74) is 2.82. The number of benzene rings is 1. The Kier molecular flexibility index (Phi) is 4.98. The number of amides is 1. The molecule has 0 N–H and O–H groups in total. The molecule has 1 heterocycles. The summed E-state index contributed by atoms with van der Waals surface area (Å²) in [6, 6.07) is 6.30. The summed E-state index contributed by atoms with van der Waals surface area (Å²) >= 11 is 0. The SMILES string of the molecule is CC[C@H](Oc1ccc2c(c1)CCCC2)C(=O)N1CCOCC1. The van der Waals surface area contributed by atoms with Crippen LogP contribution < -0.4 is 4.74 Å². The first-order chi connectivity index (χ1) is 10.8. The van der Waals surface area contributed by atoms with Gasteiger partial charge in [-0.3, -0.25) is 4.79 Å². The predicted molar refractivity (Wildman–Crippen MR) is 85.2 cm³/mol. The van der Waals surface area contributed by atoms with Crippen LogP contribution in [-0.2, 0) is 22.4 Å². The molecule has 4 nitrogen and oxygen atoms in total. The van der Waals surface area contributed by atoms with Crippen LogP contribution in [0.3, 0.4) is 0 Å². The maximum absolute atomic E-state index is 12.6. The van der Waals surface area contributed by atoms with E-state index in [1.165, 1.54) is 30.4 Å². The van der Waals surface area contributed by atoms with E-state index in [2.05, 4.69) is 12.1 Å². The molecule has 0 bridgehead atoms. The Bertz CT molecular complexity index is 523. The van der Waals surface area contributed by atoms with Crippen LogP contribution in [0.2, 0.25) is 0 Å². The van der Waals surface area contributed by atoms with Crippen molar-refractivity contribution in [2.24, 2.45) is 0 Å². The number of nitrogens with zero attached hydrogens (tertiary/aromatic N) is 1. The van der Waals surface area contributed by atoms with Gasteiger partial charge in [-0.25, -0.2) is 0 Å². The first-order valence-corrected chi connectivity index (χ1v) is 8.43. The number of rotatable bonds is 4. The van der Waals surface area contributed by atoms with Gasteiger partial charge in [-0.2, -0.15) is 0 Å². The third-order valence-electron chi connectivity index (χ3n) is 4.57. The van der Waals surface area contributed by atoms with Crippen LogP contribution in [0.15, 0.2) is 18.2 Å². The Morgan fingerprint density at radius 2 is 1.95 bits per heavy atom. The Labute approximate surface area is 132 Å². The lowest BCUT2D eigenvalue weighted by Gasteiger charge is -2.30. The van der Waals surface area contributed by atoms with Crippen molar-refractivity contribution >= 4 is 5.91 Å². The predicted octanol–water partition coefficient (Wildman–Crippen LogP) is 2.58. The summed E-state index contributed by atoms with van der Waals surface area (Å²) in [6.07, 6.45) is 5.12. The lowest BCUT2D eigenvalue weighted by molar-refractivity contribution is -0.142. The van der Waals surface area contributed by atoms with Crippen LogP contribution in [0.4, 0.5) is 0 Å². The first-order valence-electron chi connectivity index (χ1n) is 8.43. The molecule has 1 atom stereocenters. The largest absolute Gasteiger partial charge is 0.481 e. The van der Waals surface area contributed by atoms with Crippen LogP contribution >= 0.6 is 0 Å². The lowest BCUT2D eigenvalue weighted by atomic mass is 9.92. The monoisotopic (exact) mass is 303 g/mol. The molecule has 1 aromatic rings. The number of carbonyl (C=O) groups excluding carboxylic acids is 1. The number of hydrogen-bond donors (Lipinski definition) is 0. The van der Waals surface area contributed by atoms with Crippen molar-refractivity contribution < 1.29 is 14.3 Å². The van der Waals surface area contributed by atoms with Crippen LogP contribution in [0.1, 0.15) is 37.3 Å². The zero-order chi connectivity index (χ0) is 15.4. The van der Waals surface area contributed by atoms with Crippen molar-refractivity contribution in [3.63, 3.8) is 0 Å². The smallest absolute Gasteiger partial charge is 0.263 e. The van der Waals surface area contributed by atoms with Gasteiger partial charge in [0.25, 0.3) is 5.91 Å². The van der Waals surface area contributed by atoms with Gasteiger partial charge in [0.05, 0.1) is 13.2 Å². The Morgan fingerprint density at radius 3 is 2.68 bits per heavy atom. The fourth-order valence-electron chi connectivity index (χ4n) is 3.24. The standard InChI is InChI=1S/C18H25NO3/c1-2-17(18(20)19-9-11-21-12-10-19)22-16-8-7-14-5-3-4-6-15(14)13-16/h7-8,13,17H,2-6,9-12H2,1H3/t17-/m0/s1. The summed E-state index contributed by atoms with van der Waals surface area (Å²) in [5.74, 6) is 0.914. The number of ether oxygens (including phenoxy) is 2. The van der Waals surface area contributed by atoms with Crippen molar-refractivity contribution in [1.82, 2.24) is 4.90 Å². The highest BCUT2D eigenvalue weighted by Gasteiger charge is 2.26. The van der Waals surface area contributed by atoms with Crippen molar-refractivity contribution in [3.8, 4) is 5.75 Å². The summed E-state index contributed by atoms with van der Waals surface area (Å²) in [5, 5.41) is 0. The zero-order valence-electron chi connectivity index (χ0n) is 13.3. The molecule has 22 heavy (non-hydrogen) atoms. The van der Waals surface area contributed by atoms with E-state index >= 15 is 0 Å². The van der Waals surface area contributed by atoms with Crippen LogP contribution in [-0.4, -0.2) is 43.2 Å². The molecule has 1 aliphatic heterocycles. The fraction of sp³-hybridized carbons (Fsp3) is 0.611. The third kappa shape index (κ3) is 3.43. The minimum Gasteiger partial charge on any atom is -0.481 e. The lowest BCUT2D eigenvalue weighted by Crippen LogP contribution is -2.47. The van der Waals surface area contributed by atoms with Gasteiger partial charge in [-0.15, -0.1) is 0 Å². The number of hydrogen-bond acceptors (Lipinski definition) is 3. The van der Waals surface area contributed by atoms with Gasteiger partial charge in [-0.05, 0) is 55.4 Å². The van der Waals surface area contributed by atoms with Crippen molar-refractivity contribution in [3.05, 3.63) is 29.3 Å². The van der Waals surface area contributed by atoms with E-state index in [1.54, 1.807) is 0 Å². The molecule has 1 saturated heterocycles. The molecule has 3 rings (SSSR count). The molecule has 1 aliphatic carbocycles. The molecule has 0 spiro atoms. The van der Waals surface area contributed by atoms with Crippen molar-refractivity contribution in [1.29, 1.82) is 0 Å². The Morgan fingerprint density at radius 1 is 1.23 bits per heavy atom.